The third-order valence-electron chi connectivity index (χ3n) is 5.18. The molecule has 0 saturated heterocycles. The predicted octanol–water partition coefficient (Wildman–Crippen LogP) is 2.00. The van der Waals surface area contributed by atoms with Gasteiger partial charge in [-0.25, -0.2) is 0 Å². The lowest BCUT2D eigenvalue weighted by atomic mass is 9.89. The number of fused-ring (bicyclic) bond motifs is 1. The summed E-state index contributed by atoms with van der Waals surface area (Å²) in [7, 11) is 0. The van der Waals surface area contributed by atoms with Crippen molar-refractivity contribution < 1.29 is 14.7 Å². The number of benzene rings is 1. The molecule has 1 aromatic carbocycles. The van der Waals surface area contributed by atoms with E-state index in [0.717, 1.165) is 17.5 Å². The third-order valence-corrected chi connectivity index (χ3v) is 5.18. The molecule has 1 amide bonds. The maximum atomic E-state index is 12.5. The summed E-state index contributed by atoms with van der Waals surface area (Å²) >= 11 is 0. The van der Waals surface area contributed by atoms with Gasteiger partial charge in [-0.3, -0.25) is 9.59 Å². The lowest BCUT2D eigenvalue weighted by molar-refractivity contribution is -0.141. The highest BCUT2D eigenvalue weighted by atomic mass is 16.4. The second-order valence-electron chi connectivity index (χ2n) is 6.43. The molecule has 1 N–H and O–H groups in total. The number of amides is 1. The Kier molecular flexibility index (Phi) is 2.29. The van der Waals surface area contributed by atoms with Crippen LogP contribution in [0.3, 0.4) is 0 Å². The van der Waals surface area contributed by atoms with E-state index in [0.29, 0.717) is 18.5 Å². The molecule has 2 fully saturated rings. The van der Waals surface area contributed by atoms with Crippen molar-refractivity contribution in [3.05, 3.63) is 35.4 Å². The quantitative estimate of drug-likeness (QED) is 0.895. The molecule has 0 bridgehead atoms. The van der Waals surface area contributed by atoms with Gasteiger partial charge < -0.3 is 10.0 Å². The Morgan fingerprint density at radius 3 is 2.65 bits per heavy atom. The molecule has 2 atom stereocenters. The Bertz CT molecular complexity index is 605. The largest absolute Gasteiger partial charge is 0.481 e. The van der Waals surface area contributed by atoms with Crippen LogP contribution in [0.25, 0.3) is 0 Å². The number of hydrogen-bond acceptors (Lipinski definition) is 2. The van der Waals surface area contributed by atoms with E-state index >= 15 is 0 Å². The Morgan fingerprint density at radius 2 is 2.00 bits per heavy atom. The highest BCUT2D eigenvalue weighted by Crippen LogP contribution is 2.71. The van der Waals surface area contributed by atoms with E-state index in [1.165, 1.54) is 12.8 Å². The second kappa shape index (κ2) is 3.84. The zero-order valence-electron chi connectivity index (χ0n) is 11.2. The molecular formula is C16H17NO3. The Balaban J connectivity index is 1.61. The Hall–Kier alpha value is -1.84. The summed E-state index contributed by atoms with van der Waals surface area (Å²) < 4.78 is 0. The van der Waals surface area contributed by atoms with E-state index in [4.69, 9.17) is 0 Å². The fraction of sp³-hybridized carbons (Fsp3) is 0.500. The highest BCUT2D eigenvalue weighted by molar-refractivity contribution is 5.85. The maximum absolute atomic E-state index is 12.5. The van der Waals surface area contributed by atoms with E-state index in [1.807, 2.05) is 24.3 Å². The Labute approximate surface area is 117 Å². The van der Waals surface area contributed by atoms with Crippen LogP contribution in [0, 0.1) is 11.3 Å². The smallest absolute Gasteiger partial charge is 0.312 e. The number of aliphatic carboxylic acids is 1. The first-order chi connectivity index (χ1) is 9.61. The fourth-order valence-corrected chi connectivity index (χ4v) is 3.62. The van der Waals surface area contributed by atoms with E-state index < -0.39 is 11.9 Å². The SMILES string of the molecule is O=C(O)C1CN(C(=O)C2CC23CC3)Cc2ccccc21. The lowest BCUT2D eigenvalue weighted by Gasteiger charge is -2.33. The average Bonchev–Trinajstić information content (AvgIpc) is 3.37. The molecule has 20 heavy (non-hydrogen) atoms. The maximum Gasteiger partial charge on any atom is 0.312 e. The minimum Gasteiger partial charge on any atom is -0.481 e. The molecule has 2 unspecified atom stereocenters. The van der Waals surface area contributed by atoms with Crippen LogP contribution in [-0.4, -0.2) is 28.4 Å². The van der Waals surface area contributed by atoms with Crippen molar-refractivity contribution in [1.29, 1.82) is 0 Å². The first-order valence-electron chi connectivity index (χ1n) is 7.20. The van der Waals surface area contributed by atoms with Crippen LogP contribution in [-0.2, 0) is 16.1 Å². The monoisotopic (exact) mass is 271 g/mol. The van der Waals surface area contributed by atoms with E-state index in [9.17, 15) is 14.7 Å². The number of carboxylic acids is 1. The van der Waals surface area contributed by atoms with Gasteiger partial charge in [-0.1, -0.05) is 24.3 Å². The van der Waals surface area contributed by atoms with Crippen LogP contribution in [0.2, 0.25) is 0 Å². The summed E-state index contributed by atoms with van der Waals surface area (Å²) in [6.07, 6.45) is 3.37. The minimum absolute atomic E-state index is 0.169. The van der Waals surface area contributed by atoms with Crippen molar-refractivity contribution in [2.24, 2.45) is 11.3 Å². The van der Waals surface area contributed by atoms with Gasteiger partial charge in [-0.05, 0) is 35.8 Å². The van der Waals surface area contributed by atoms with Gasteiger partial charge in [0.25, 0.3) is 0 Å². The van der Waals surface area contributed by atoms with Gasteiger partial charge in [0.1, 0.15) is 0 Å². The average molecular weight is 271 g/mol. The molecule has 2 saturated carbocycles. The van der Waals surface area contributed by atoms with Crippen molar-refractivity contribution in [3.8, 4) is 0 Å². The molecule has 0 radical (unpaired) electrons. The summed E-state index contributed by atoms with van der Waals surface area (Å²) in [6, 6.07) is 7.58. The molecule has 104 valence electrons. The van der Waals surface area contributed by atoms with E-state index in [2.05, 4.69) is 0 Å². The standard InChI is InChI=1S/C16H17NO3/c18-14(13-7-16(13)5-6-16)17-8-10-3-1-2-4-11(10)12(9-17)15(19)20/h1-4,12-13H,5-9H2,(H,19,20). The van der Waals surface area contributed by atoms with Crippen LogP contribution in [0.4, 0.5) is 0 Å². The molecule has 4 heteroatoms. The normalized spacial score (nSPS) is 28.9. The van der Waals surface area contributed by atoms with Gasteiger partial charge in [0, 0.05) is 19.0 Å². The zero-order chi connectivity index (χ0) is 13.9. The summed E-state index contributed by atoms with van der Waals surface area (Å²) in [5.74, 6) is -1.09. The summed E-state index contributed by atoms with van der Waals surface area (Å²) in [4.78, 5) is 25.8. The topological polar surface area (TPSA) is 57.6 Å². The molecule has 3 aliphatic rings. The van der Waals surface area contributed by atoms with Gasteiger partial charge >= 0.3 is 5.97 Å². The zero-order valence-corrected chi connectivity index (χ0v) is 11.2. The first kappa shape index (κ1) is 11.9. The molecule has 4 rings (SSSR count). The third kappa shape index (κ3) is 1.67. The van der Waals surface area contributed by atoms with E-state index in [1.54, 1.807) is 4.90 Å². The summed E-state index contributed by atoms with van der Waals surface area (Å²) in [6.45, 7) is 0.878. The molecule has 1 aromatic rings. The minimum atomic E-state index is -0.841. The highest BCUT2D eigenvalue weighted by Gasteiger charge is 2.66. The van der Waals surface area contributed by atoms with Crippen LogP contribution < -0.4 is 0 Å². The van der Waals surface area contributed by atoms with Crippen molar-refractivity contribution in [2.45, 2.75) is 31.7 Å². The molecular weight excluding hydrogens is 254 g/mol. The second-order valence-corrected chi connectivity index (χ2v) is 6.43. The predicted molar refractivity (Wildman–Crippen MR) is 72.0 cm³/mol. The summed E-state index contributed by atoms with van der Waals surface area (Å²) in [5, 5.41) is 9.42. The van der Waals surface area contributed by atoms with Crippen LogP contribution in [0.15, 0.2) is 24.3 Å². The number of hydrogen-bond donors (Lipinski definition) is 1. The molecule has 1 spiro atoms. The molecule has 0 aromatic heterocycles. The number of carbonyl (C=O) groups is 2. The number of carboxylic acid groups (broad SMARTS) is 1. The number of nitrogens with zero attached hydrogens (tertiary/aromatic N) is 1. The Morgan fingerprint density at radius 1 is 1.25 bits per heavy atom. The van der Waals surface area contributed by atoms with E-state index in [-0.39, 0.29) is 11.8 Å². The lowest BCUT2D eigenvalue weighted by Crippen LogP contribution is -2.41. The van der Waals surface area contributed by atoms with Gasteiger partial charge in [0.2, 0.25) is 5.91 Å². The van der Waals surface area contributed by atoms with Crippen LogP contribution >= 0.6 is 0 Å². The van der Waals surface area contributed by atoms with Crippen molar-refractivity contribution >= 4 is 11.9 Å². The van der Waals surface area contributed by atoms with Crippen molar-refractivity contribution in [3.63, 3.8) is 0 Å². The van der Waals surface area contributed by atoms with Crippen LogP contribution in [0.5, 0.6) is 0 Å². The fourth-order valence-electron chi connectivity index (χ4n) is 3.62. The van der Waals surface area contributed by atoms with Gasteiger partial charge in [-0.15, -0.1) is 0 Å². The molecule has 2 aliphatic carbocycles. The van der Waals surface area contributed by atoms with Gasteiger partial charge in [0.05, 0.1) is 5.92 Å². The van der Waals surface area contributed by atoms with Gasteiger partial charge in [0.15, 0.2) is 0 Å². The van der Waals surface area contributed by atoms with Crippen molar-refractivity contribution in [2.75, 3.05) is 6.54 Å². The molecule has 1 heterocycles. The first-order valence-corrected chi connectivity index (χ1v) is 7.20. The number of carbonyl (C=O) groups excluding carboxylic acids is 1. The van der Waals surface area contributed by atoms with Gasteiger partial charge in [-0.2, -0.15) is 0 Å². The number of rotatable bonds is 2. The summed E-state index contributed by atoms with van der Waals surface area (Å²) in [5.41, 5.74) is 2.17. The van der Waals surface area contributed by atoms with Crippen LogP contribution in [0.1, 0.15) is 36.3 Å². The van der Waals surface area contributed by atoms with Crippen molar-refractivity contribution in [1.82, 2.24) is 4.90 Å². The molecule has 1 aliphatic heterocycles. The molecule has 4 nitrogen and oxygen atoms in total.